The smallest absolute Gasteiger partial charge is 0.409 e. The molecule has 2 amide bonds. The third kappa shape index (κ3) is 7.04. The Hall–Kier alpha value is -3.06. The van der Waals surface area contributed by atoms with E-state index in [-0.39, 0.29) is 12.0 Å². The van der Waals surface area contributed by atoms with E-state index >= 15 is 0 Å². The van der Waals surface area contributed by atoms with E-state index in [1.807, 2.05) is 54.6 Å². The summed E-state index contributed by atoms with van der Waals surface area (Å²) in [4.78, 5) is 29.8. The van der Waals surface area contributed by atoms with E-state index in [1.54, 1.807) is 9.80 Å². The third-order valence-corrected chi connectivity index (χ3v) is 7.52. The lowest BCUT2D eigenvalue weighted by molar-refractivity contribution is -0.143. The van der Waals surface area contributed by atoms with Gasteiger partial charge in [0.05, 0.1) is 18.1 Å². The number of unbranched alkanes of at least 4 members (excludes halogenated alkanes) is 1. The number of hydrogen-bond acceptors (Lipinski definition) is 5. The van der Waals surface area contributed by atoms with Crippen LogP contribution in [0.25, 0.3) is 0 Å². The lowest BCUT2D eigenvalue weighted by atomic mass is 9.72. The molecule has 1 saturated carbocycles. The first-order valence-electron chi connectivity index (χ1n) is 13.7. The zero-order chi connectivity index (χ0) is 26.1. The van der Waals surface area contributed by atoms with Crippen LogP contribution in [-0.4, -0.2) is 65.3 Å². The molecule has 1 atom stereocenters. The molecule has 2 aliphatic rings. The lowest BCUT2D eigenvalue weighted by Gasteiger charge is -2.42. The second-order valence-electron chi connectivity index (χ2n) is 10.2. The Kier molecular flexibility index (Phi) is 9.45. The van der Waals surface area contributed by atoms with Gasteiger partial charge in [-0.05, 0) is 42.5 Å². The van der Waals surface area contributed by atoms with E-state index in [0.29, 0.717) is 58.0 Å². The van der Waals surface area contributed by atoms with Gasteiger partial charge in [-0.2, -0.15) is 0 Å². The summed E-state index contributed by atoms with van der Waals surface area (Å²) < 4.78 is 11.4. The fourth-order valence-electron chi connectivity index (χ4n) is 5.35. The Morgan fingerprint density at radius 3 is 2.35 bits per heavy atom. The molecule has 1 aliphatic heterocycles. The second-order valence-corrected chi connectivity index (χ2v) is 10.2. The molecule has 200 valence electrons. The number of piperazine rings is 1. The van der Waals surface area contributed by atoms with Gasteiger partial charge in [0.2, 0.25) is 5.91 Å². The van der Waals surface area contributed by atoms with Crippen molar-refractivity contribution in [3.8, 4) is 5.75 Å². The maximum absolute atomic E-state index is 14.0. The number of carbonyl (C=O) groups excluding carboxylic acids is 2. The summed E-state index contributed by atoms with van der Waals surface area (Å²) in [5.74, 6) is -0.0713. The fraction of sp³-hybridized carbons (Fsp3) is 0.533. The minimum absolute atomic E-state index is 0.0800. The normalized spacial score (nSPS) is 18.2. The van der Waals surface area contributed by atoms with Gasteiger partial charge in [-0.15, -0.1) is 0 Å². The van der Waals surface area contributed by atoms with Crippen molar-refractivity contribution in [3.05, 3.63) is 65.7 Å². The number of carbonyl (C=O) groups is 2. The molecule has 2 fully saturated rings. The molecule has 2 aromatic rings. The number of amides is 2. The van der Waals surface area contributed by atoms with Crippen LogP contribution in [-0.2, 0) is 16.1 Å². The number of ether oxygens (including phenoxy) is 2. The summed E-state index contributed by atoms with van der Waals surface area (Å²) in [5, 5.41) is 11.8. The van der Waals surface area contributed by atoms with Gasteiger partial charge in [0, 0.05) is 26.2 Å². The van der Waals surface area contributed by atoms with E-state index in [4.69, 9.17) is 9.47 Å². The van der Waals surface area contributed by atoms with Crippen LogP contribution in [0, 0.1) is 0 Å². The molecule has 1 heterocycles. The molecule has 7 nitrogen and oxygen atoms in total. The maximum Gasteiger partial charge on any atom is 0.409 e. The molecule has 2 aromatic carbocycles. The van der Waals surface area contributed by atoms with Crippen molar-refractivity contribution in [2.45, 2.75) is 70.0 Å². The van der Waals surface area contributed by atoms with E-state index < -0.39 is 11.5 Å². The number of nitrogens with zero attached hydrogens (tertiary/aromatic N) is 2. The molecule has 1 aliphatic carbocycles. The first kappa shape index (κ1) is 27.0. The Morgan fingerprint density at radius 2 is 1.65 bits per heavy atom. The van der Waals surface area contributed by atoms with Gasteiger partial charge in [0.25, 0.3) is 0 Å². The molecule has 0 aromatic heterocycles. The molecular formula is C30H40N2O5. The predicted molar refractivity (Wildman–Crippen MR) is 142 cm³/mol. The molecule has 1 saturated heterocycles. The highest BCUT2D eigenvalue weighted by atomic mass is 16.6. The van der Waals surface area contributed by atoms with Crippen LogP contribution in [0.2, 0.25) is 0 Å². The minimum Gasteiger partial charge on any atom is -0.489 e. The average Bonchev–Trinajstić information content (AvgIpc) is 2.93. The largest absolute Gasteiger partial charge is 0.489 e. The lowest BCUT2D eigenvalue weighted by Crippen LogP contribution is -2.55. The van der Waals surface area contributed by atoms with Crippen molar-refractivity contribution in [1.29, 1.82) is 0 Å². The highest BCUT2D eigenvalue weighted by Gasteiger charge is 2.45. The standard InChI is InChI=1S/C30H40N2O5/c1-2-3-21-36-29(34)32-19-17-31(18-20-32)28(33)27(30(35)15-8-5-9-16-30)25-13-10-14-26(22-25)37-23-24-11-6-4-7-12-24/h4,6-7,10-14,22,27,35H,2-3,5,8-9,15-21,23H2,1H3. The number of rotatable bonds is 9. The molecule has 1 unspecified atom stereocenters. The second kappa shape index (κ2) is 13.0. The van der Waals surface area contributed by atoms with Crippen molar-refractivity contribution in [2.24, 2.45) is 0 Å². The number of hydrogen-bond donors (Lipinski definition) is 1. The van der Waals surface area contributed by atoms with Crippen molar-refractivity contribution >= 4 is 12.0 Å². The molecule has 0 bridgehead atoms. The highest BCUT2D eigenvalue weighted by molar-refractivity contribution is 5.85. The highest BCUT2D eigenvalue weighted by Crippen LogP contribution is 2.42. The van der Waals surface area contributed by atoms with Crippen LogP contribution in [0.3, 0.4) is 0 Å². The first-order chi connectivity index (χ1) is 18.0. The van der Waals surface area contributed by atoms with E-state index in [9.17, 15) is 14.7 Å². The first-order valence-corrected chi connectivity index (χ1v) is 13.7. The Labute approximate surface area is 220 Å². The van der Waals surface area contributed by atoms with Gasteiger partial charge < -0.3 is 24.4 Å². The quantitative estimate of drug-likeness (QED) is 0.476. The molecule has 1 N–H and O–H groups in total. The van der Waals surface area contributed by atoms with E-state index in [2.05, 4.69) is 6.92 Å². The van der Waals surface area contributed by atoms with E-state index in [1.165, 1.54) is 0 Å². The summed E-state index contributed by atoms with van der Waals surface area (Å²) in [6, 6.07) is 17.6. The minimum atomic E-state index is -1.09. The van der Waals surface area contributed by atoms with Gasteiger partial charge in [-0.3, -0.25) is 4.79 Å². The van der Waals surface area contributed by atoms with Crippen LogP contribution >= 0.6 is 0 Å². The SMILES string of the molecule is CCCCOC(=O)N1CCN(C(=O)C(c2cccc(OCc3ccccc3)c2)C2(O)CCCCC2)CC1. The van der Waals surface area contributed by atoms with Gasteiger partial charge in [-0.1, -0.05) is 75.1 Å². The Balaban J connectivity index is 1.48. The van der Waals surface area contributed by atoms with Crippen LogP contribution in [0.1, 0.15) is 68.9 Å². The van der Waals surface area contributed by atoms with Crippen LogP contribution in [0.5, 0.6) is 5.75 Å². The van der Waals surface area contributed by atoms with Crippen molar-refractivity contribution in [3.63, 3.8) is 0 Å². The molecular weight excluding hydrogens is 468 g/mol. The zero-order valence-electron chi connectivity index (χ0n) is 21.9. The van der Waals surface area contributed by atoms with Gasteiger partial charge in [0.15, 0.2) is 0 Å². The van der Waals surface area contributed by atoms with E-state index in [0.717, 1.165) is 43.2 Å². The van der Waals surface area contributed by atoms with Crippen molar-refractivity contribution in [1.82, 2.24) is 9.80 Å². The molecule has 7 heteroatoms. The Morgan fingerprint density at radius 1 is 0.946 bits per heavy atom. The van der Waals surface area contributed by atoms with Crippen LogP contribution in [0.4, 0.5) is 4.79 Å². The van der Waals surface area contributed by atoms with Crippen LogP contribution in [0.15, 0.2) is 54.6 Å². The molecule has 0 radical (unpaired) electrons. The van der Waals surface area contributed by atoms with Crippen molar-refractivity contribution in [2.75, 3.05) is 32.8 Å². The van der Waals surface area contributed by atoms with Crippen LogP contribution < -0.4 is 4.74 Å². The summed E-state index contributed by atoms with van der Waals surface area (Å²) in [5.41, 5.74) is 0.753. The topological polar surface area (TPSA) is 79.3 Å². The third-order valence-electron chi connectivity index (χ3n) is 7.52. The monoisotopic (exact) mass is 508 g/mol. The summed E-state index contributed by atoms with van der Waals surface area (Å²) >= 11 is 0. The zero-order valence-corrected chi connectivity index (χ0v) is 21.9. The number of aliphatic hydroxyl groups is 1. The van der Waals surface area contributed by atoms with Gasteiger partial charge in [-0.25, -0.2) is 4.79 Å². The van der Waals surface area contributed by atoms with Gasteiger partial charge in [0.1, 0.15) is 12.4 Å². The summed E-state index contributed by atoms with van der Waals surface area (Å²) in [6.07, 6.45) is 5.58. The molecule has 0 spiro atoms. The summed E-state index contributed by atoms with van der Waals surface area (Å²) in [7, 11) is 0. The number of benzene rings is 2. The Bertz CT molecular complexity index is 1010. The predicted octanol–water partition coefficient (Wildman–Crippen LogP) is 5.13. The van der Waals surface area contributed by atoms with Crippen molar-refractivity contribution < 1.29 is 24.2 Å². The van der Waals surface area contributed by atoms with Gasteiger partial charge >= 0.3 is 6.09 Å². The maximum atomic E-state index is 14.0. The molecule has 4 rings (SSSR count). The summed E-state index contributed by atoms with van der Waals surface area (Å²) in [6.45, 7) is 4.64. The average molecular weight is 509 g/mol. The fourth-order valence-corrected chi connectivity index (χ4v) is 5.35. The molecule has 37 heavy (non-hydrogen) atoms.